The van der Waals surface area contributed by atoms with Gasteiger partial charge in [0.2, 0.25) is 0 Å². The van der Waals surface area contributed by atoms with Crippen LogP contribution in [-0.2, 0) is 4.79 Å². The summed E-state index contributed by atoms with van der Waals surface area (Å²) in [6.07, 6.45) is 1.35. The summed E-state index contributed by atoms with van der Waals surface area (Å²) < 4.78 is -0.278. The van der Waals surface area contributed by atoms with Gasteiger partial charge in [-0.3, -0.25) is 4.79 Å². The molecule has 0 rings (SSSR count). The van der Waals surface area contributed by atoms with E-state index in [2.05, 4.69) is 29.2 Å². The second kappa shape index (κ2) is 2.62. The maximum atomic E-state index is 10.7. The van der Waals surface area contributed by atoms with Crippen LogP contribution in [0.5, 0.6) is 0 Å². The maximum absolute atomic E-state index is 10.7. The highest BCUT2D eigenvalue weighted by atomic mass is 127. The molecule has 0 unspecified atom stereocenters. The zero-order valence-electron chi connectivity index (χ0n) is 5.07. The Hall–Kier alpha value is 0.140. The number of carbonyl (C=O) groups is 1. The van der Waals surface area contributed by atoms with Gasteiger partial charge in [-0.05, 0) is 19.9 Å². The molecule has 0 bridgehead atoms. The Labute approximate surface area is 63.3 Å². The van der Waals surface area contributed by atoms with Crippen molar-refractivity contribution < 1.29 is 4.79 Å². The maximum Gasteiger partial charge on any atom is 0.170 e. The molecule has 0 aliphatic rings. The molecule has 0 aromatic rings. The van der Waals surface area contributed by atoms with Crippen molar-refractivity contribution in [2.45, 2.75) is 17.3 Å². The molecular weight excluding hydrogens is 215 g/mol. The predicted molar refractivity (Wildman–Crippen MR) is 43.3 cm³/mol. The number of hydrogen-bond acceptors (Lipinski definition) is 1. The van der Waals surface area contributed by atoms with Gasteiger partial charge < -0.3 is 0 Å². The lowest BCUT2D eigenvalue weighted by Gasteiger charge is -2.09. The number of alkyl halides is 1. The summed E-state index contributed by atoms with van der Waals surface area (Å²) in [5, 5.41) is 0. The van der Waals surface area contributed by atoms with Gasteiger partial charge in [-0.2, -0.15) is 0 Å². The van der Waals surface area contributed by atoms with Crippen LogP contribution in [0.3, 0.4) is 0 Å². The summed E-state index contributed by atoms with van der Waals surface area (Å²) in [5.41, 5.74) is 0. The molecule has 0 atom stereocenters. The molecule has 2 heteroatoms. The Morgan fingerprint density at radius 2 is 2.12 bits per heavy atom. The highest BCUT2D eigenvalue weighted by molar-refractivity contribution is 14.1. The molecule has 0 saturated carbocycles. The van der Waals surface area contributed by atoms with Gasteiger partial charge in [0.15, 0.2) is 5.78 Å². The molecule has 0 saturated heterocycles. The Morgan fingerprint density at radius 1 is 1.75 bits per heavy atom. The van der Waals surface area contributed by atoms with E-state index < -0.39 is 0 Å². The number of ketones is 1. The molecule has 46 valence electrons. The van der Waals surface area contributed by atoms with Crippen molar-refractivity contribution in [3.05, 3.63) is 12.7 Å². The number of carbonyl (C=O) groups excluding carboxylic acids is 1. The lowest BCUT2D eigenvalue weighted by molar-refractivity contribution is -0.115. The Morgan fingerprint density at radius 3 is 2.12 bits per heavy atom. The van der Waals surface area contributed by atoms with E-state index in [9.17, 15) is 4.79 Å². The fourth-order valence-corrected chi connectivity index (χ4v) is 0.463. The molecule has 0 heterocycles. The first-order chi connectivity index (χ1) is 3.48. The lowest BCUT2D eigenvalue weighted by atomic mass is 10.1. The third kappa shape index (κ3) is 2.45. The van der Waals surface area contributed by atoms with Gasteiger partial charge in [-0.1, -0.05) is 29.2 Å². The minimum atomic E-state index is -0.278. The Kier molecular flexibility index (Phi) is 2.66. The van der Waals surface area contributed by atoms with Crippen LogP contribution < -0.4 is 0 Å². The quantitative estimate of drug-likeness (QED) is 0.398. The molecule has 0 aliphatic carbocycles. The van der Waals surface area contributed by atoms with Crippen LogP contribution in [0.25, 0.3) is 0 Å². The van der Waals surface area contributed by atoms with Crippen molar-refractivity contribution in [2.24, 2.45) is 0 Å². The molecular formula is C6H9IO. The first-order valence-electron chi connectivity index (χ1n) is 2.34. The number of rotatable bonds is 2. The van der Waals surface area contributed by atoms with E-state index in [1.807, 2.05) is 13.8 Å². The van der Waals surface area contributed by atoms with Gasteiger partial charge in [0.25, 0.3) is 0 Å². The van der Waals surface area contributed by atoms with E-state index in [0.717, 1.165) is 0 Å². The van der Waals surface area contributed by atoms with Crippen LogP contribution in [-0.4, -0.2) is 9.20 Å². The highest BCUT2D eigenvalue weighted by Gasteiger charge is 2.19. The molecule has 1 nitrogen and oxygen atoms in total. The van der Waals surface area contributed by atoms with Gasteiger partial charge in [0.05, 0.1) is 3.42 Å². The molecule has 0 aromatic carbocycles. The summed E-state index contributed by atoms with van der Waals surface area (Å²) >= 11 is 2.08. The summed E-state index contributed by atoms with van der Waals surface area (Å²) in [6.45, 7) is 7.09. The van der Waals surface area contributed by atoms with Crippen molar-refractivity contribution in [2.75, 3.05) is 0 Å². The van der Waals surface area contributed by atoms with Crippen LogP contribution in [0.2, 0.25) is 0 Å². The van der Waals surface area contributed by atoms with Gasteiger partial charge >= 0.3 is 0 Å². The highest BCUT2D eigenvalue weighted by Crippen LogP contribution is 2.17. The second-order valence-electron chi connectivity index (χ2n) is 2.04. The van der Waals surface area contributed by atoms with Crippen molar-refractivity contribution >= 4 is 28.4 Å². The monoisotopic (exact) mass is 224 g/mol. The third-order valence-electron chi connectivity index (χ3n) is 0.771. The minimum Gasteiger partial charge on any atom is -0.293 e. The van der Waals surface area contributed by atoms with E-state index in [1.165, 1.54) is 6.08 Å². The van der Waals surface area contributed by atoms with Gasteiger partial charge in [0.1, 0.15) is 0 Å². The van der Waals surface area contributed by atoms with Crippen LogP contribution >= 0.6 is 22.6 Å². The average molecular weight is 224 g/mol. The predicted octanol–water partition coefficient (Wildman–Crippen LogP) is 1.96. The van der Waals surface area contributed by atoms with E-state index in [4.69, 9.17) is 0 Å². The molecule has 0 spiro atoms. The SMILES string of the molecule is C=CC(=O)C(C)(C)I. The molecule has 0 amide bonds. The average Bonchev–Trinajstić information content (AvgIpc) is 1.62. The fraction of sp³-hybridized carbons (Fsp3) is 0.500. The van der Waals surface area contributed by atoms with Crippen LogP contribution in [0.4, 0.5) is 0 Å². The molecule has 0 aromatic heterocycles. The number of hydrogen-bond donors (Lipinski definition) is 0. The first-order valence-corrected chi connectivity index (χ1v) is 3.42. The van der Waals surface area contributed by atoms with Gasteiger partial charge in [0, 0.05) is 0 Å². The zero-order valence-corrected chi connectivity index (χ0v) is 7.23. The van der Waals surface area contributed by atoms with Crippen molar-refractivity contribution in [3.8, 4) is 0 Å². The topological polar surface area (TPSA) is 17.1 Å². The largest absolute Gasteiger partial charge is 0.293 e. The summed E-state index contributed by atoms with van der Waals surface area (Å²) in [7, 11) is 0. The zero-order chi connectivity index (χ0) is 6.78. The smallest absolute Gasteiger partial charge is 0.170 e. The first kappa shape index (κ1) is 8.14. The second-order valence-corrected chi connectivity index (χ2v) is 4.74. The summed E-state index contributed by atoms with van der Waals surface area (Å²) in [6, 6.07) is 0. The van der Waals surface area contributed by atoms with Gasteiger partial charge in [-0.25, -0.2) is 0 Å². The van der Waals surface area contributed by atoms with Crippen molar-refractivity contribution in [1.82, 2.24) is 0 Å². The van der Waals surface area contributed by atoms with Crippen molar-refractivity contribution in [1.29, 1.82) is 0 Å². The Balaban J connectivity index is 4.02. The van der Waals surface area contributed by atoms with Crippen molar-refractivity contribution in [3.63, 3.8) is 0 Å². The number of halogens is 1. The standard InChI is InChI=1S/C6H9IO/c1-4-5(8)6(2,3)7/h4H,1H2,2-3H3. The molecule has 8 heavy (non-hydrogen) atoms. The normalized spacial score (nSPS) is 10.9. The van der Waals surface area contributed by atoms with Crippen LogP contribution in [0.1, 0.15) is 13.8 Å². The van der Waals surface area contributed by atoms with E-state index in [-0.39, 0.29) is 9.20 Å². The van der Waals surface area contributed by atoms with E-state index in [1.54, 1.807) is 0 Å². The Bertz CT molecular complexity index is 110. The van der Waals surface area contributed by atoms with E-state index in [0.29, 0.717) is 0 Å². The van der Waals surface area contributed by atoms with E-state index >= 15 is 0 Å². The minimum absolute atomic E-state index is 0.0816. The summed E-state index contributed by atoms with van der Waals surface area (Å²) in [5.74, 6) is 0.0816. The third-order valence-corrected chi connectivity index (χ3v) is 1.30. The molecule has 0 aliphatic heterocycles. The number of allylic oxidation sites excluding steroid dienone is 1. The van der Waals surface area contributed by atoms with Gasteiger partial charge in [-0.15, -0.1) is 0 Å². The molecule has 0 fully saturated rings. The van der Waals surface area contributed by atoms with Crippen LogP contribution in [0, 0.1) is 0 Å². The molecule has 0 N–H and O–H groups in total. The molecule has 0 radical (unpaired) electrons. The summed E-state index contributed by atoms with van der Waals surface area (Å²) in [4.78, 5) is 10.7. The van der Waals surface area contributed by atoms with Crippen LogP contribution in [0.15, 0.2) is 12.7 Å². The fourth-order valence-electron chi connectivity index (χ4n) is 0.243. The lowest BCUT2D eigenvalue weighted by Crippen LogP contribution is -2.20.